The Labute approximate surface area is 169 Å². The number of carbonyl (C=O) groups excluding carboxylic acids is 1. The number of benzene rings is 1. The van der Waals surface area contributed by atoms with Crippen molar-refractivity contribution in [3.05, 3.63) is 46.2 Å². The number of urea groups is 1. The second-order valence-corrected chi connectivity index (χ2v) is 9.10. The van der Waals surface area contributed by atoms with Crippen LogP contribution in [0.2, 0.25) is 5.02 Å². The summed E-state index contributed by atoms with van der Waals surface area (Å²) in [5, 5.41) is 10.2. The molecule has 1 aromatic heterocycles. The van der Waals surface area contributed by atoms with E-state index in [1.807, 2.05) is 12.1 Å². The number of sulfonamides is 1. The third-order valence-electron chi connectivity index (χ3n) is 4.76. The lowest BCUT2D eigenvalue weighted by atomic mass is 10.2. The number of H-pyrrole nitrogens is 1. The summed E-state index contributed by atoms with van der Waals surface area (Å²) in [7, 11) is -3.64. The number of hydrogen-bond acceptors (Lipinski definition) is 4. The van der Waals surface area contributed by atoms with E-state index in [1.165, 1.54) is 4.31 Å². The first kappa shape index (κ1) is 20.6. The molecule has 0 saturated carbocycles. The van der Waals surface area contributed by atoms with Crippen molar-refractivity contribution < 1.29 is 13.2 Å². The molecule has 0 aliphatic carbocycles. The van der Waals surface area contributed by atoms with Gasteiger partial charge >= 0.3 is 6.03 Å². The van der Waals surface area contributed by atoms with Crippen molar-refractivity contribution in [1.82, 2.24) is 24.7 Å². The molecule has 1 aliphatic heterocycles. The quantitative estimate of drug-likeness (QED) is 0.785. The number of hydrogen-bond donors (Lipinski definition) is 2. The Hall–Kier alpha value is -2.10. The van der Waals surface area contributed by atoms with Crippen LogP contribution in [0.1, 0.15) is 23.4 Å². The van der Waals surface area contributed by atoms with Gasteiger partial charge in [-0.2, -0.15) is 9.40 Å². The Morgan fingerprint density at radius 3 is 2.54 bits per heavy atom. The molecule has 8 nitrogen and oxygen atoms in total. The molecule has 2 N–H and O–H groups in total. The number of halogens is 1. The van der Waals surface area contributed by atoms with E-state index in [0.717, 1.165) is 5.56 Å². The lowest BCUT2D eigenvalue weighted by Crippen LogP contribution is -2.42. The number of aromatic nitrogens is 2. The predicted molar refractivity (Wildman–Crippen MR) is 107 cm³/mol. The van der Waals surface area contributed by atoms with E-state index in [9.17, 15) is 13.2 Å². The highest BCUT2D eigenvalue weighted by Gasteiger charge is 2.31. The minimum Gasteiger partial charge on any atom is -0.334 e. The maximum absolute atomic E-state index is 13.0. The van der Waals surface area contributed by atoms with Crippen molar-refractivity contribution in [2.45, 2.75) is 31.7 Å². The van der Waals surface area contributed by atoms with Crippen molar-refractivity contribution in [1.29, 1.82) is 0 Å². The molecule has 2 aromatic rings. The molecular formula is C18H24ClN5O3S. The Morgan fingerprint density at radius 1 is 1.18 bits per heavy atom. The molecule has 0 spiro atoms. The van der Waals surface area contributed by atoms with Gasteiger partial charge in [-0.25, -0.2) is 13.2 Å². The molecule has 0 atom stereocenters. The number of aryl methyl sites for hydroxylation is 2. The zero-order chi connectivity index (χ0) is 20.3. The third-order valence-corrected chi connectivity index (χ3v) is 7.17. The minimum atomic E-state index is -3.64. The fraction of sp³-hybridized carbons (Fsp3) is 0.444. The van der Waals surface area contributed by atoms with E-state index in [4.69, 9.17) is 11.6 Å². The Bertz CT molecular complexity index is 923. The second kappa shape index (κ2) is 8.50. The number of rotatable bonds is 4. The van der Waals surface area contributed by atoms with Crippen LogP contribution >= 0.6 is 11.6 Å². The second-order valence-electron chi connectivity index (χ2n) is 6.79. The number of nitrogens with zero attached hydrogens (tertiary/aromatic N) is 3. The molecule has 2 heterocycles. The SMILES string of the molecule is Cc1n[nH]c(C)c1S(=O)(=O)N1CCCN(C(=O)NCc2ccc(Cl)cc2)CC1. The van der Waals surface area contributed by atoms with Gasteiger partial charge in [0.15, 0.2) is 0 Å². The Morgan fingerprint density at radius 2 is 1.89 bits per heavy atom. The van der Waals surface area contributed by atoms with Crippen LogP contribution in [0.25, 0.3) is 0 Å². The van der Waals surface area contributed by atoms with Crippen LogP contribution in [0.15, 0.2) is 29.2 Å². The van der Waals surface area contributed by atoms with Crippen LogP contribution < -0.4 is 5.32 Å². The van der Waals surface area contributed by atoms with Crippen LogP contribution in [0.4, 0.5) is 4.79 Å². The summed E-state index contributed by atoms with van der Waals surface area (Å²) >= 11 is 5.87. The molecule has 2 amide bonds. The van der Waals surface area contributed by atoms with Gasteiger partial charge in [-0.15, -0.1) is 0 Å². The standard InChI is InChI=1S/C18H24ClN5O3S/c1-13-17(14(2)22-21-13)28(26,27)24-9-3-8-23(10-11-24)18(25)20-12-15-4-6-16(19)7-5-15/h4-7H,3,8-12H2,1-2H3,(H,20,25)(H,21,22). The van der Waals surface area contributed by atoms with E-state index < -0.39 is 10.0 Å². The summed E-state index contributed by atoms with van der Waals surface area (Å²) in [6, 6.07) is 7.06. The van der Waals surface area contributed by atoms with E-state index in [-0.39, 0.29) is 17.5 Å². The van der Waals surface area contributed by atoms with Gasteiger partial charge in [0.05, 0.1) is 11.4 Å². The molecule has 0 radical (unpaired) electrons. The van der Waals surface area contributed by atoms with Gasteiger partial charge in [0.2, 0.25) is 10.0 Å². The van der Waals surface area contributed by atoms with Gasteiger partial charge in [-0.3, -0.25) is 5.10 Å². The fourth-order valence-electron chi connectivity index (χ4n) is 3.28. The highest BCUT2D eigenvalue weighted by molar-refractivity contribution is 7.89. The summed E-state index contributed by atoms with van der Waals surface area (Å²) < 4.78 is 27.4. The normalized spacial score (nSPS) is 16.0. The van der Waals surface area contributed by atoms with Gasteiger partial charge in [-0.1, -0.05) is 23.7 Å². The van der Waals surface area contributed by atoms with Crippen LogP contribution in [-0.4, -0.2) is 60.0 Å². The van der Waals surface area contributed by atoms with Crippen LogP contribution in [0.3, 0.4) is 0 Å². The maximum Gasteiger partial charge on any atom is 0.317 e. The monoisotopic (exact) mass is 425 g/mol. The summed E-state index contributed by atoms with van der Waals surface area (Å²) in [6.07, 6.45) is 0.573. The first-order valence-corrected chi connectivity index (χ1v) is 10.9. The molecule has 1 fully saturated rings. The molecule has 152 valence electrons. The fourth-order valence-corrected chi connectivity index (χ4v) is 5.21. The zero-order valence-corrected chi connectivity index (χ0v) is 17.5. The predicted octanol–water partition coefficient (Wildman–Crippen LogP) is 2.29. The van der Waals surface area contributed by atoms with Crippen LogP contribution in [0, 0.1) is 13.8 Å². The first-order valence-electron chi connectivity index (χ1n) is 9.08. The van der Waals surface area contributed by atoms with Gasteiger partial charge in [0.25, 0.3) is 0 Å². The van der Waals surface area contributed by atoms with Gasteiger partial charge in [-0.05, 0) is 38.0 Å². The molecule has 0 unspecified atom stereocenters. The van der Waals surface area contributed by atoms with Crippen LogP contribution in [-0.2, 0) is 16.6 Å². The summed E-state index contributed by atoms with van der Waals surface area (Å²) in [5.74, 6) is 0. The van der Waals surface area contributed by atoms with Crippen LogP contribution in [0.5, 0.6) is 0 Å². The van der Waals surface area contributed by atoms with E-state index in [1.54, 1.807) is 30.9 Å². The average molecular weight is 426 g/mol. The minimum absolute atomic E-state index is 0.204. The van der Waals surface area contributed by atoms with Gasteiger partial charge in [0, 0.05) is 37.7 Å². The molecule has 1 saturated heterocycles. The highest BCUT2D eigenvalue weighted by atomic mass is 35.5. The van der Waals surface area contributed by atoms with E-state index in [2.05, 4.69) is 15.5 Å². The summed E-state index contributed by atoms with van der Waals surface area (Å²) in [6.45, 7) is 5.21. The lowest BCUT2D eigenvalue weighted by Gasteiger charge is -2.22. The third kappa shape index (κ3) is 4.48. The van der Waals surface area contributed by atoms with Crippen molar-refractivity contribution in [3.63, 3.8) is 0 Å². The first-order chi connectivity index (χ1) is 13.3. The zero-order valence-electron chi connectivity index (χ0n) is 15.9. The average Bonchev–Trinajstić information content (AvgIpc) is 2.86. The number of aromatic amines is 1. The molecule has 3 rings (SSSR count). The largest absolute Gasteiger partial charge is 0.334 e. The van der Waals surface area contributed by atoms with Crippen molar-refractivity contribution in [2.24, 2.45) is 0 Å². The number of nitrogens with one attached hydrogen (secondary N) is 2. The molecular weight excluding hydrogens is 402 g/mol. The smallest absolute Gasteiger partial charge is 0.317 e. The molecule has 1 aliphatic rings. The summed E-state index contributed by atoms with van der Waals surface area (Å²) in [4.78, 5) is 14.4. The van der Waals surface area contributed by atoms with E-state index >= 15 is 0 Å². The topological polar surface area (TPSA) is 98.4 Å². The summed E-state index contributed by atoms with van der Waals surface area (Å²) in [5.41, 5.74) is 1.93. The number of carbonyl (C=O) groups is 1. The molecule has 0 bridgehead atoms. The van der Waals surface area contributed by atoms with Crippen molar-refractivity contribution in [2.75, 3.05) is 26.2 Å². The maximum atomic E-state index is 13.0. The van der Waals surface area contributed by atoms with Gasteiger partial charge < -0.3 is 10.2 Å². The molecule has 28 heavy (non-hydrogen) atoms. The van der Waals surface area contributed by atoms with E-state index in [0.29, 0.717) is 49.0 Å². The highest BCUT2D eigenvalue weighted by Crippen LogP contribution is 2.22. The van der Waals surface area contributed by atoms with Crippen molar-refractivity contribution >= 4 is 27.7 Å². The molecule has 1 aromatic carbocycles. The Kier molecular flexibility index (Phi) is 6.26. The van der Waals surface area contributed by atoms with Crippen molar-refractivity contribution in [3.8, 4) is 0 Å². The van der Waals surface area contributed by atoms with Gasteiger partial charge in [0.1, 0.15) is 4.90 Å². The Balaban J connectivity index is 1.61. The molecule has 10 heteroatoms. The number of amides is 2. The lowest BCUT2D eigenvalue weighted by molar-refractivity contribution is 0.200.